The summed E-state index contributed by atoms with van der Waals surface area (Å²) in [4.78, 5) is 25.5. The highest BCUT2D eigenvalue weighted by molar-refractivity contribution is 5.79. The third kappa shape index (κ3) is 3.04. The lowest BCUT2D eigenvalue weighted by Crippen LogP contribution is -2.40. The zero-order valence-electron chi connectivity index (χ0n) is 14.0. The molecule has 6 heteroatoms. The first kappa shape index (κ1) is 15.9. The first-order valence-corrected chi connectivity index (χ1v) is 8.67. The Balaban J connectivity index is 1.34. The van der Waals surface area contributed by atoms with Gasteiger partial charge in [0.1, 0.15) is 0 Å². The standard InChI is InChI=1S/C19H21N3O3/c23-17(21-8-6-19(7-9-21)11-16(19)18(24)25)10-14-12-20-22(13-14)15-4-2-1-3-5-15/h1-5,12-13,16H,6-11H2,(H,24,25). The molecule has 0 radical (unpaired) electrons. The summed E-state index contributed by atoms with van der Waals surface area (Å²) >= 11 is 0. The molecule has 1 N–H and O–H groups in total. The van der Waals surface area contributed by atoms with Gasteiger partial charge in [-0.1, -0.05) is 18.2 Å². The summed E-state index contributed by atoms with van der Waals surface area (Å²) in [5.74, 6) is -0.794. The first-order chi connectivity index (χ1) is 12.1. The Hall–Kier alpha value is -2.63. The van der Waals surface area contributed by atoms with Gasteiger partial charge in [0, 0.05) is 19.3 Å². The lowest BCUT2D eigenvalue weighted by Gasteiger charge is -2.32. The van der Waals surface area contributed by atoms with Gasteiger partial charge >= 0.3 is 5.97 Å². The number of para-hydroxylation sites is 1. The molecular formula is C19H21N3O3. The molecule has 1 atom stereocenters. The SMILES string of the molecule is O=C(O)C1CC12CCN(C(=O)Cc1cnn(-c3ccccc3)c1)CC2. The summed E-state index contributed by atoms with van der Waals surface area (Å²) in [5.41, 5.74) is 1.82. The predicted octanol–water partition coefficient (Wildman–Crippen LogP) is 2.13. The molecule has 25 heavy (non-hydrogen) atoms. The van der Waals surface area contributed by atoms with Gasteiger partial charge in [0.25, 0.3) is 0 Å². The number of carbonyl (C=O) groups is 2. The van der Waals surface area contributed by atoms with Gasteiger partial charge in [-0.05, 0) is 42.4 Å². The Kier molecular flexibility index (Phi) is 3.82. The molecule has 6 nitrogen and oxygen atoms in total. The number of hydrogen-bond donors (Lipinski definition) is 1. The molecule has 1 unspecified atom stereocenters. The number of aliphatic carboxylic acids is 1. The van der Waals surface area contributed by atoms with E-state index >= 15 is 0 Å². The van der Waals surface area contributed by atoms with E-state index in [0.29, 0.717) is 19.5 Å². The predicted molar refractivity (Wildman–Crippen MR) is 91.3 cm³/mol. The average molecular weight is 339 g/mol. The molecule has 1 aromatic carbocycles. The number of likely N-dealkylation sites (tertiary alicyclic amines) is 1. The van der Waals surface area contributed by atoms with Crippen LogP contribution >= 0.6 is 0 Å². The molecular weight excluding hydrogens is 318 g/mol. The van der Waals surface area contributed by atoms with Crippen molar-refractivity contribution in [1.29, 1.82) is 0 Å². The van der Waals surface area contributed by atoms with Crippen LogP contribution in [0.1, 0.15) is 24.8 Å². The Morgan fingerprint density at radius 1 is 1.20 bits per heavy atom. The molecule has 1 aliphatic carbocycles. The van der Waals surface area contributed by atoms with Crippen molar-refractivity contribution in [3.05, 3.63) is 48.3 Å². The van der Waals surface area contributed by atoms with E-state index in [0.717, 1.165) is 30.5 Å². The van der Waals surface area contributed by atoms with Crippen molar-refractivity contribution >= 4 is 11.9 Å². The molecule has 1 aromatic heterocycles. The van der Waals surface area contributed by atoms with E-state index in [-0.39, 0.29) is 17.2 Å². The summed E-state index contributed by atoms with van der Waals surface area (Å²) in [5, 5.41) is 13.5. The number of aromatic nitrogens is 2. The maximum absolute atomic E-state index is 12.5. The molecule has 0 bridgehead atoms. The second-order valence-electron chi connectivity index (χ2n) is 7.14. The number of amides is 1. The van der Waals surface area contributed by atoms with E-state index in [9.17, 15) is 9.59 Å². The largest absolute Gasteiger partial charge is 0.481 e. The van der Waals surface area contributed by atoms with E-state index < -0.39 is 5.97 Å². The molecule has 1 spiro atoms. The molecule has 130 valence electrons. The first-order valence-electron chi connectivity index (χ1n) is 8.67. The van der Waals surface area contributed by atoms with Crippen molar-refractivity contribution in [3.63, 3.8) is 0 Å². The van der Waals surface area contributed by atoms with E-state index in [1.54, 1.807) is 10.9 Å². The number of piperidine rings is 1. The van der Waals surface area contributed by atoms with Crippen LogP contribution in [0.4, 0.5) is 0 Å². The average Bonchev–Trinajstić information content (AvgIpc) is 3.12. The van der Waals surface area contributed by atoms with Crippen LogP contribution in [-0.2, 0) is 16.0 Å². The number of carboxylic acids is 1. The number of carboxylic acid groups (broad SMARTS) is 1. The van der Waals surface area contributed by atoms with Crippen LogP contribution in [0, 0.1) is 11.3 Å². The van der Waals surface area contributed by atoms with E-state index in [2.05, 4.69) is 5.10 Å². The summed E-state index contributed by atoms with van der Waals surface area (Å²) in [6, 6.07) is 9.80. The van der Waals surface area contributed by atoms with Crippen molar-refractivity contribution in [3.8, 4) is 5.69 Å². The van der Waals surface area contributed by atoms with Crippen LogP contribution in [0.15, 0.2) is 42.7 Å². The van der Waals surface area contributed by atoms with Crippen LogP contribution in [0.3, 0.4) is 0 Å². The fourth-order valence-corrected chi connectivity index (χ4v) is 3.91. The Morgan fingerprint density at radius 2 is 1.92 bits per heavy atom. The highest BCUT2D eigenvalue weighted by Gasteiger charge is 2.59. The number of hydrogen-bond acceptors (Lipinski definition) is 3. The number of carbonyl (C=O) groups excluding carboxylic acids is 1. The van der Waals surface area contributed by atoms with Gasteiger partial charge in [-0.2, -0.15) is 5.10 Å². The molecule has 2 aliphatic rings. The molecule has 1 amide bonds. The quantitative estimate of drug-likeness (QED) is 0.926. The second-order valence-corrected chi connectivity index (χ2v) is 7.14. The minimum absolute atomic E-state index is 0.0409. The fourth-order valence-electron chi connectivity index (χ4n) is 3.91. The molecule has 2 fully saturated rings. The van der Waals surface area contributed by atoms with Gasteiger partial charge in [-0.15, -0.1) is 0 Å². The van der Waals surface area contributed by atoms with Crippen LogP contribution < -0.4 is 0 Å². The molecule has 1 aliphatic heterocycles. The van der Waals surface area contributed by atoms with Gasteiger partial charge in [-0.25, -0.2) is 4.68 Å². The second kappa shape index (κ2) is 6.02. The summed E-state index contributed by atoms with van der Waals surface area (Å²) in [6.45, 7) is 1.32. The third-order valence-electron chi connectivity index (χ3n) is 5.61. The van der Waals surface area contributed by atoms with Gasteiger partial charge < -0.3 is 10.0 Å². The summed E-state index contributed by atoms with van der Waals surface area (Å²) < 4.78 is 1.77. The molecule has 1 saturated carbocycles. The van der Waals surface area contributed by atoms with Crippen molar-refractivity contribution in [2.75, 3.05) is 13.1 Å². The van der Waals surface area contributed by atoms with Crippen molar-refractivity contribution < 1.29 is 14.7 Å². The van der Waals surface area contributed by atoms with E-state index in [1.165, 1.54) is 0 Å². The maximum atomic E-state index is 12.5. The highest BCUT2D eigenvalue weighted by atomic mass is 16.4. The number of nitrogens with zero attached hydrogens (tertiary/aromatic N) is 3. The van der Waals surface area contributed by atoms with Crippen molar-refractivity contribution in [2.24, 2.45) is 11.3 Å². The lowest BCUT2D eigenvalue weighted by molar-refractivity contribution is -0.139. The van der Waals surface area contributed by atoms with E-state index in [1.807, 2.05) is 41.4 Å². The molecule has 2 aromatic rings. The normalized spacial score (nSPS) is 21.3. The van der Waals surface area contributed by atoms with Gasteiger partial charge in [0.15, 0.2) is 0 Å². The van der Waals surface area contributed by atoms with Crippen LogP contribution in [0.2, 0.25) is 0 Å². The Morgan fingerprint density at radius 3 is 2.56 bits per heavy atom. The third-order valence-corrected chi connectivity index (χ3v) is 5.61. The smallest absolute Gasteiger partial charge is 0.307 e. The summed E-state index contributed by atoms with van der Waals surface area (Å²) in [7, 11) is 0. The topological polar surface area (TPSA) is 75.4 Å². The monoisotopic (exact) mass is 339 g/mol. The minimum Gasteiger partial charge on any atom is -0.481 e. The van der Waals surface area contributed by atoms with Crippen molar-refractivity contribution in [2.45, 2.75) is 25.7 Å². The van der Waals surface area contributed by atoms with Gasteiger partial charge in [0.2, 0.25) is 5.91 Å². The number of benzene rings is 1. The van der Waals surface area contributed by atoms with Crippen LogP contribution in [-0.4, -0.2) is 44.8 Å². The molecule has 2 heterocycles. The van der Waals surface area contributed by atoms with Gasteiger partial charge in [0.05, 0.1) is 24.2 Å². The van der Waals surface area contributed by atoms with Gasteiger partial charge in [-0.3, -0.25) is 9.59 Å². The van der Waals surface area contributed by atoms with Crippen LogP contribution in [0.5, 0.6) is 0 Å². The molecule has 4 rings (SSSR count). The lowest BCUT2D eigenvalue weighted by atomic mass is 9.90. The van der Waals surface area contributed by atoms with Crippen LogP contribution in [0.25, 0.3) is 5.69 Å². The Bertz CT molecular complexity index is 791. The maximum Gasteiger partial charge on any atom is 0.307 e. The Labute approximate surface area is 146 Å². The fraction of sp³-hybridized carbons (Fsp3) is 0.421. The van der Waals surface area contributed by atoms with E-state index in [4.69, 9.17) is 5.11 Å². The zero-order chi connectivity index (χ0) is 17.4. The minimum atomic E-state index is -0.687. The highest BCUT2D eigenvalue weighted by Crippen LogP contribution is 2.59. The number of rotatable bonds is 4. The summed E-state index contributed by atoms with van der Waals surface area (Å²) in [6.07, 6.45) is 6.34. The zero-order valence-corrected chi connectivity index (χ0v) is 14.0. The van der Waals surface area contributed by atoms with Crippen molar-refractivity contribution in [1.82, 2.24) is 14.7 Å². The molecule has 1 saturated heterocycles.